The third-order valence-corrected chi connectivity index (χ3v) is 4.23. The predicted molar refractivity (Wildman–Crippen MR) is 89.2 cm³/mol. The zero-order valence-electron chi connectivity index (χ0n) is 13.9. The standard InChI is InChI=1S/C18H24N2O4/c1-2-8-14(18(23)24)19-17(22)16(13-9-4-3-5-10-13)20-12-7-6-11-15(20)21/h3-5,9-10,14,16H,2,6-8,11-12H2,1H3,(H,19,22)(H,23,24). The molecular weight excluding hydrogens is 308 g/mol. The van der Waals surface area contributed by atoms with Crippen molar-refractivity contribution in [3.8, 4) is 0 Å². The van der Waals surface area contributed by atoms with Crippen molar-refractivity contribution in [3.05, 3.63) is 35.9 Å². The maximum atomic E-state index is 12.8. The number of carboxylic acids is 1. The quantitative estimate of drug-likeness (QED) is 0.800. The number of benzene rings is 1. The molecule has 1 saturated heterocycles. The van der Waals surface area contributed by atoms with E-state index < -0.39 is 24.0 Å². The van der Waals surface area contributed by atoms with E-state index in [1.54, 1.807) is 17.0 Å². The maximum absolute atomic E-state index is 12.8. The summed E-state index contributed by atoms with van der Waals surface area (Å²) < 4.78 is 0. The average molecular weight is 332 g/mol. The van der Waals surface area contributed by atoms with Crippen LogP contribution in [0.2, 0.25) is 0 Å². The molecule has 6 heteroatoms. The van der Waals surface area contributed by atoms with E-state index in [0.29, 0.717) is 31.4 Å². The van der Waals surface area contributed by atoms with Crippen molar-refractivity contribution < 1.29 is 19.5 Å². The Bertz CT molecular complexity index is 588. The summed E-state index contributed by atoms with van der Waals surface area (Å²) in [6, 6.07) is 7.33. The van der Waals surface area contributed by atoms with Crippen molar-refractivity contribution in [2.24, 2.45) is 0 Å². The molecule has 1 aromatic rings. The van der Waals surface area contributed by atoms with Gasteiger partial charge in [0.25, 0.3) is 0 Å². The number of carbonyl (C=O) groups is 3. The van der Waals surface area contributed by atoms with Gasteiger partial charge in [-0.25, -0.2) is 4.79 Å². The highest BCUT2D eigenvalue weighted by molar-refractivity contribution is 5.91. The van der Waals surface area contributed by atoms with Gasteiger partial charge in [0.2, 0.25) is 11.8 Å². The lowest BCUT2D eigenvalue weighted by atomic mass is 10.00. The Hall–Kier alpha value is -2.37. The minimum atomic E-state index is -1.05. The molecule has 130 valence electrons. The first kappa shape index (κ1) is 18.0. The fourth-order valence-electron chi connectivity index (χ4n) is 3.00. The SMILES string of the molecule is CCCC(NC(=O)C(c1ccccc1)N1CCCCC1=O)C(=O)O. The summed E-state index contributed by atoms with van der Waals surface area (Å²) in [7, 11) is 0. The van der Waals surface area contributed by atoms with Crippen LogP contribution in [0, 0.1) is 0 Å². The van der Waals surface area contributed by atoms with Gasteiger partial charge in [-0.05, 0) is 24.8 Å². The van der Waals surface area contributed by atoms with Crippen LogP contribution in [-0.4, -0.2) is 40.4 Å². The van der Waals surface area contributed by atoms with E-state index in [0.717, 1.165) is 12.8 Å². The summed E-state index contributed by atoms with van der Waals surface area (Å²) >= 11 is 0. The van der Waals surface area contributed by atoms with Crippen LogP contribution in [-0.2, 0) is 14.4 Å². The largest absolute Gasteiger partial charge is 0.480 e. The summed E-state index contributed by atoms with van der Waals surface area (Å²) in [4.78, 5) is 38.0. The van der Waals surface area contributed by atoms with Crippen molar-refractivity contribution >= 4 is 17.8 Å². The van der Waals surface area contributed by atoms with Gasteiger partial charge in [-0.3, -0.25) is 9.59 Å². The molecule has 24 heavy (non-hydrogen) atoms. The van der Waals surface area contributed by atoms with Gasteiger partial charge in [-0.1, -0.05) is 43.7 Å². The molecule has 0 bridgehead atoms. The molecule has 0 saturated carbocycles. The molecule has 1 fully saturated rings. The van der Waals surface area contributed by atoms with Gasteiger partial charge in [0.15, 0.2) is 0 Å². The maximum Gasteiger partial charge on any atom is 0.326 e. The van der Waals surface area contributed by atoms with E-state index in [1.165, 1.54) is 0 Å². The minimum Gasteiger partial charge on any atom is -0.480 e. The summed E-state index contributed by atoms with van der Waals surface area (Å²) in [5, 5.41) is 11.9. The van der Waals surface area contributed by atoms with Crippen molar-refractivity contribution in [1.82, 2.24) is 10.2 Å². The number of hydrogen-bond donors (Lipinski definition) is 2. The molecule has 2 rings (SSSR count). The first-order valence-corrected chi connectivity index (χ1v) is 8.42. The van der Waals surface area contributed by atoms with Crippen LogP contribution in [0.1, 0.15) is 50.6 Å². The molecule has 2 atom stereocenters. The summed E-state index contributed by atoms with van der Waals surface area (Å²) in [5.74, 6) is -1.55. The van der Waals surface area contributed by atoms with E-state index in [9.17, 15) is 19.5 Å². The number of carbonyl (C=O) groups excluding carboxylic acids is 2. The van der Waals surface area contributed by atoms with Crippen LogP contribution in [0.4, 0.5) is 0 Å². The fraction of sp³-hybridized carbons (Fsp3) is 0.500. The molecule has 1 aliphatic rings. The van der Waals surface area contributed by atoms with Crippen molar-refractivity contribution in [2.75, 3.05) is 6.54 Å². The number of carboxylic acid groups (broad SMARTS) is 1. The Labute approximate surface area is 141 Å². The highest BCUT2D eigenvalue weighted by atomic mass is 16.4. The summed E-state index contributed by atoms with van der Waals surface area (Å²) in [6.45, 7) is 2.38. The lowest BCUT2D eigenvalue weighted by Gasteiger charge is -2.34. The summed E-state index contributed by atoms with van der Waals surface area (Å²) in [6.07, 6.45) is 3.10. The molecule has 1 heterocycles. The Balaban J connectivity index is 2.26. The van der Waals surface area contributed by atoms with Crippen LogP contribution in [0.15, 0.2) is 30.3 Å². The first-order chi connectivity index (χ1) is 11.5. The molecule has 0 spiro atoms. The van der Waals surface area contributed by atoms with Crippen molar-refractivity contribution in [2.45, 2.75) is 51.1 Å². The van der Waals surface area contributed by atoms with Crippen molar-refractivity contribution in [1.29, 1.82) is 0 Å². The van der Waals surface area contributed by atoms with Gasteiger partial charge in [0.05, 0.1) is 0 Å². The van der Waals surface area contributed by atoms with Gasteiger partial charge in [0.1, 0.15) is 12.1 Å². The third kappa shape index (κ3) is 4.34. The Kier molecular flexibility index (Phi) is 6.35. The number of rotatable bonds is 7. The van der Waals surface area contributed by atoms with Gasteiger partial charge < -0.3 is 15.3 Å². The molecule has 2 N–H and O–H groups in total. The van der Waals surface area contributed by atoms with Gasteiger partial charge in [0, 0.05) is 13.0 Å². The first-order valence-electron chi connectivity index (χ1n) is 8.42. The third-order valence-electron chi connectivity index (χ3n) is 4.23. The predicted octanol–water partition coefficient (Wildman–Crippen LogP) is 2.11. The fourth-order valence-corrected chi connectivity index (χ4v) is 3.00. The van der Waals surface area contributed by atoms with Crippen LogP contribution < -0.4 is 5.32 Å². The Morgan fingerprint density at radius 3 is 2.54 bits per heavy atom. The number of nitrogens with one attached hydrogen (secondary N) is 1. The topological polar surface area (TPSA) is 86.7 Å². The molecule has 2 amide bonds. The minimum absolute atomic E-state index is 0.0624. The van der Waals surface area contributed by atoms with E-state index >= 15 is 0 Å². The van der Waals surface area contributed by atoms with Crippen LogP contribution in [0.5, 0.6) is 0 Å². The van der Waals surface area contributed by atoms with E-state index in [-0.39, 0.29) is 5.91 Å². The molecule has 0 aromatic heterocycles. The monoisotopic (exact) mass is 332 g/mol. The lowest BCUT2D eigenvalue weighted by molar-refractivity contribution is -0.146. The number of piperidine rings is 1. The zero-order chi connectivity index (χ0) is 17.5. The normalized spacial score (nSPS) is 17.2. The Morgan fingerprint density at radius 1 is 1.25 bits per heavy atom. The summed E-state index contributed by atoms with van der Waals surface area (Å²) in [5.41, 5.74) is 0.700. The number of likely N-dealkylation sites (tertiary alicyclic amines) is 1. The van der Waals surface area contributed by atoms with Crippen LogP contribution >= 0.6 is 0 Å². The molecule has 2 unspecified atom stereocenters. The van der Waals surface area contributed by atoms with E-state index in [4.69, 9.17) is 0 Å². The molecule has 0 radical (unpaired) electrons. The average Bonchev–Trinajstić information content (AvgIpc) is 2.57. The molecular formula is C18H24N2O4. The second-order valence-corrected chi connectivity index (χ2v) is 6.05. The number of hydrogen-bond acceptors (Lipinski definition) is 3. The van der Waals surface area contributed by atoms with Gasteiger partial charge in [-0.2, -0.15) is 0 Å². The van der Waals surface area contributed by atoms with E-state index in [2.05, 4.69) is 5.32 Å². The zero-order valence-corrected chi connectivity index (χ0v) is 13.9. The number of amides is 2. The smallest absolute Gasteiger partial charge is 0.326 e. The number of aliphatic carboxylic acids is 1. The molecule has 6 nitrogen and oxygen atoms in total. The second-order valence-electron chi connectivity index (χ2n) is 6.05. The second kappa shape index (κ2) is 8.47. The van der Waals surface area contributed by atoms with Crippen molar-refractivity contribution in [3.63, 3.8) is 0 Å². The van der Waals surface area contributed by atoms with E-state index in [1.807, 2.05) is 25.1 Å². The van der Waals surface area contributed by atoms with Crippen LogP contribution in [0.25, 0.3) is 0 Å². The molecule has 1 aromatic carbocycles. The highest BCUT2D eigenvalue weighted by Crippen LogP contribution is 2.26. The number of nitrogens with zero attached hydrogens (tertiary/aromatic N) is 1. The Morgan fingerprint density at radius 2 is 1.96 bits per heavy atom. The lowest BCUT2D eigenvalue weighted by Crippen LogP contribution is -2.49. The van der Waals surface area contributed by atoms with Crippen LogP contribution in [0.3, 0.4) is 0 Å². The molecule has 1 aliphatic heterocycles. The van der Waals surface area contributed by atoms with Gasteiger partial charge in [-0.15, -0.1) is 0 Å². The molecule has 0 aliphatic carbocycles. The highest BCUT2D eigenvalue weighted by Gasteiger charge is 2.34. The van der Waals surface area contributed by atoms with Gasteiger partial charge >= 0.3 is 5.97 Å².